The SMILES string of the molecule is CCNC(=O)C(C)Nc1nc(NN)nc2sc(CC)cc12. The molecule has 0 aliphatic carbocycles. The zero-order chi connectivity index (χ0) is 15.4. The van der Waals surface area contributed by atoms with E-state index in [2.05, 4.69) is 33.0 Å². The Balaban J connectivity index is 2.36. The molecule has 2 rings (SSSR count). The van der Waals surface area contributed by atoms with E-state index in [1.54, 1.807) is 18.3 Å². The van der Waals surface area contributed by atoms with Crippen molar-refractivity contribution in [3.8, 4) is 0 Å². The molecule has 2 aromatic heterocycles. The quantitative estimate of drug-likeness (QED) is 0.476. The topological polar surface area (TPSA) is 105 Å². The van der Waals surface area contributed by atoms with E-state index >= 15 is 0 Å². The molecule has 114 valence electrons. The zero-order valence-electron chi connectivity index (χ0n) is 12.4. The molecule has 0 saturated carbocycles. The van der Waals surface area contributed by atoms with Crippen molar-refractivity contribution >= 4 is 39.2 Å². The fourth-order valence-corrected chi connectivity index (χ4v) is 2.89. The van der Waals surface area contributed by atoms with Gasteiger partial charge in [-0.3, -0.25) is 10.2 Å². The second kappa shape index (κ2) is 6.68. The first-order chi connectivity index (χ1) is 10.1. The largest absolute Gasteiger partial charge is 0.358 e. The number of nitrogens with two attached hydrogens (primary N) is 1. The van der Waals surface area contributed by atoms with Crippen molar-refractivity contribution in [1.29, 1.82) is 0 Å². The summed E-state index contributed by atoms with van der Waals surface area (Å²) >= 11 is 1.60. The summed E-state index contributed by atoms with van der Waals surface area (Å²) in [5.41, 5.74) is 2.46. The van der Waals surface area contributed by atoms with Gasteiger partial charge >= 0.3 is 0 Å². The van der Waals surface area contributed by atoms with Crippen molar-refractivity contribution < 1.29 is 4.79 Å². The van der Waals surface area contributed by atoms with E-state index in [-0.39, 0.29) is 5.91 Å². The number of anilines is 2. The first-order valence-corrected chi connectivity index (χ1v) is 7.72. The molecule has 0 aromatic carbocycles. The average Bonchev–Trinajstić information content (AvgIpc) is 2.90. The molecule has 1 atom stereocenters. The molecule has 0 radical (unpaired) electrons. The number of nitrogen functional groups attached to an aromatic ring is 1. The van der Waals surface area contributed by atoms with E-state index in [0.29, 0.717) is 18.3 Å². The molecule has 0 aliphatic heterocycles. The number of thiophene rings is 1. The third kappa shape index (κ3) is 3.40. The molecule has 0 saturated heterocycles. The third-order valence-corrected chi connectivity index (χ3v) is 4.19. The van der Waals surface area contributed by atoms with Crippen LogP contribution >= 0.6 is 11.3 Å². The number of rotatable bonds is 6. The summed E-state index contributed by atoms with van der Waals surface area (Å²) in [6.45, 7) is 6.36. The highest BCUT2D eigenvalue weighted by Gasteiger charge is 2.16. The maximum Gasteiger partial charge on any atom is 0.242 e. The highest BCUT2D eigenvalue weighted by molar-refractivity contribution is 7.18. The molecular weight excluding hydrogens is 288 g/mol. The molecule has 0 bridgehead atoms. The van der Waals surface area contributed by atoms with Gasteiger partial charge in [-0.25, -0.2) is 10.8 Å². The molecule has 5 N–H and O–H groups in total. The van der Waals surface area contributed by atoms with Gasteiger partial charge in [0.1, 0.15) is 16.7 Å². The monoisotopic (exact) mass is 308 g/mol. The molecule has 21 heavy (non-hydrogen) atoms. The van der Waals surface area contributed by atoms with Gasteiger partial charge in [0.25, 0.3) is 0 Å². The molecule has 7 nitrogen and oxygen atoms in total. The van der Waals surface area contributed by atoms with Crippen molar-refractivity contribution in [2.75, 3.05) is 17.3 Å². The van der Waals surface area contributed by atoms with Crippen LogP contribution in [0.15, 0.2) is 6.07 Å². The smallest absolute Gasteiger partial charge is 0.242 e. The van der Waals surface area contributed by atoms with Crippen LogP contribution in [0.25, 0.3) is 10.2 Å². The van der Waals surface area contributed by atoms with Gasteiger partial charge in [0.15, 0.2) is 0 Å². The fraction of sp³-hybridized carbons (Fsp3) is 0.462. The normalized spacial score (nSPS) is 12.2. The van der Waals surface area contributed by atoms with Crippen molar-refractivity contribution in [1.82, 2.24) is 15.3 Å². The lowest BCUT2D eigenvalue weighted by molar-refractivity contribution is -0.121. The van der Waals surface area contributed by atoms with Crippen molar-refractivity contribution in [3.05, 3.63) is 10.9 Å². The van der Waals surface area contributed by atoms with Crippen LogP contribution in [0.2, 0.25) is 0 Å². The lowest BCUT2D eigenvalue weighted by atomic mass is 10.2. The van der Waals surface area contributed by atoms with Crippen molar-refractivity contribution in [3.63, 3.8) is 0 Å². The van der Waals surface area contributed by atoms with Gasteiger partial charge in [-0.2, -0.15) is 4.98 Å². The molecule has 0 aliphatic rings. The first kappa shape index (κ1) is 15.5. The maximum atomic E-state index is 11.8. The predicted octanol–water partition coefficient (Wildman–Crippen LogP) is 1.48. The molecule has 1 amide bonds. The predicted molar refractivity (Wildman–Crippen MR) is 86.4 cm³/mol. The third-order valence-electron chi connectivity index (χ3n) is 3.02. The van der Waals surface area contributed by atoms with E-state index in [1.807, 2.05) is 13.0 Å². The zero-order valence-corrected chi connectivity index (χ0v) is 13.2. The van der Waals surface area contributed by atoms with Crippen LogP contribution in [0.3, 0.4) is 0 Å². The summed E-state index contributed by atoms with van der Waals surface area (Å²) < 4.78 is 0. The number of likely N-dealkylation sites (N-methyl/N-ethyl adjacent to an activating group) is 1. The highest BCUT2D eigenvalue weighted by Crippen LogP contribution is 2.30. The van der Waals surface area contributed by atoms with Crippen LogP contribution in [0.4, 0.5) is 11.8 Å². The lowest BCUT2D eigenvalue weighted by Gasteiger charge is -2.15. The Morgan fingerprint density at radius 3 is 2.81 bits per heavy atom. The summed E-state index contributed by atoms with van der Waals surface area (Å²) in [4.78, 5) is 22.6. The van der Waals surface area contributed by atoms with E-state index < -0.39 is 6.04 Å². The van der Waals surface area contributed by atoms with Crippen LogP contribution in [0.1, 0.15) is 25.6 Å². The molecule has 2 aromatic rings. The number of hydrogen-bond acceptors (Lipinski definition) is 7. The number of aromatic nitrogens is 2. The van der Waals surface area contributed by atoms with E-state index in [4.69, 9.17) is 5.84 Å². The molecule has 8 heteroatoms. The van der Waals surface area contributed by atoms with Crippen LogP contribution in [-0.2, 0) is 11.2 Å². The van der Waals surface area contributed by atoms with Gasteiger partial charge in [-0.1, -0.05) is 6.92 Å². The minimum atomic E-state index is -0.390. The Hall–Kier alpha value is -1.93. The van der Waals surface area contributed by atoms with Crippen molar-refractivity contribution in [2.45, 2.75) is 33.2 Å². The van der Waals surface area contributed by atoms with Gasteiger partial charge in [0.05, 0.1) is 5.39 Å². The highest BCUT2D eigenvalue weighted by atomic mass is 32.1. The number of hydrazine groups is 1. The number of carbonyl (C=O) groups is 1. The Labute approximate surface area is 127 Å². The van der Waals surface area contributed by atoms with Crippen LogP contribution < -0.4 is 21.9 Å². The summed E-state index contributed by atoms with van der Waals surface area (Å²) in [5, 5.41) is 6.81. The second-order valence-electron chi connectivity index (χ2n) is 4.59. The Bertz CT molecular complexity index is 641. The molecular formula is C13H20N6OS. The summed E-state index contributed by atoms with van der Waals surface area (Å²) in [6.07, 6.45) is 0.928. The van der Waals surface area contributed by atoms with E-state index in [9.17, 15) is 4.79 Å². The van der Waals surface area contributed by atoms with E-state index in [0.717, 1.165) is 16.6 Å². The van der Waals surface area contributed by atoms with Crippen LogP contribution in [0.5, 0.6) is 0 Å². The fourth-order valence-electron chi connectivity index (χ4n) is 1.92. The van der Waals surface area contributed by atoms with Gasteiger partial charge in [0, 0.05) is 11.4 Å². The summed E-state index contributed by atoms with van der Waals surface area (Å²) in [7, 11) is 0. The number of hydrogen-bond donors (Lipinski definition) is 4. The molecule has 0 spiro atoms. The number of aryl methyl sites for hydroxylation is 1. The summed E-state index contributed by atoms with van der Waals surface area (Å²) in [6, 6.07) is 1.66. The number of carbonyl (C=O) groups excluding carboxylic acids is 1. The first-order valence-electron chi connectivity index (χ1n) is 6.90. The van der Waals surface area contributed by atoms with Crippen molar-refractivity contribution in [2.24, 2.45) is 5.84 Å². The van der Waals surface area contributed by atoms with Gasteiger partial charge in [-0.15, -0.1) is 11.3 Å². The standard InChI is InChI=1S/C13H20N6OS/c1-4-8-6-9-10(16-7(3)11(20)15-5-2)17-13(19-14)18-12(9)21-8/h6-7H,4-5,14H2,1-3H3,(H,15,20)(H2,16,17,18,19). The Kier molecular flexibility index (Phi) is 4.92. The minimum Gasteiger partial charge on any atom is -0.358 e. The minimum absolute atomic E-state index is 0.0718. The Morgan fingerprint density at radius 1 is 1.43 bits per heavy atom. The lowest BCUT2D eigenvalue weighted by Crippen LogP contribution is -2.37. The second-order valence-corrected chi connectivity index (χ2v) is 5.70. The van der Waals surface area contributed by atoms with Crippen LogP contribution in [-0.4, -0.2) is 28.5 Å². The van der Waals surface area contributed by atoms with Gasteiger partial charge in [0.2, 0.25) is 11.9 Å². The molecule has 0 fully saturated rings. The number of nitrogens with zero attached hydrogens (tertiary/aromatic N) is 2. The average molecular weight is 308 g/mol. The van der Waals surface area contributed by atoms with Gasteiger partial charge < -0.3 is 10.6 Å². The maximum absolute atomic E-state index is 11.8. The van der Waals surface area contributed by atoms with Crippen LogP contribution in [0, 0.1) is 0 Å². The molecule has 1 unspecified atom stereocenters. The molecule has 2 heterocycles. The van der Waals surface area contributed by atoms with E-state index in [1.165, 1.54) is 4.88 Å². The number of amides is 1. The summed E-state index contributed by atoms with van der Waals surface area (Å²) in [5.74, 6) is 6.28. The Morgan fingerprint density at radius 2 is 2.19 bits per heavy atom. The number of nitrogens with one attached hydrogen (secondary N) is 3. The number of fused-ring (bicyclic) bond motifs is 1. The van der Waals surface area contributed by atoms with Gasteiger partial charge in [-0.05, 0) is 26.3 Å².